The molecule has 0 aliphatic carbocycles. The van der Waals surface area contributed by atoms with Gasteiger partial charge in [-0.05, 0) is 18.2 Å². The lowest BCUT2D eigenvalue weighted by Gasteiger charge is -2.30. The molecule has 1 aromatic carbocycles. The minimum atomic E-state index is -0.922. The number of halogens is 1. The molecule has 7 heteroatoms. The van der Waals surface area contributed by atoms with Crippen molar-refractivity contribution in [1.82, 2.24) is 14.8 Å². The summed E-state index contributed by atoms with van der Waals surface area (Å²) in [5, 5.41) is 17.2. The molecule has 2 aromatic rings. The molecule has 1 aliphatic rings. The van der Waals surface area contributed by atoms with E-state index in [-0.39, 0.29) is 0 Å². The Morgan fingerprint density at radius 3 is 3.00 bits per heavy atom. The highest BCUT2D eigenvalue weighted by Gasteiger charge is 2.22. The summed E-state index contributed by atoms with van der Waals surface area (Å²) in [5.41, 5.74) is 1.01. The van der Waals surface area contributed by atoms with E-state index in [0.717, 1.165) is 23.4 Å². The predicted molar refractivity (Wildman–Crippen MR) is 72.2 cm³/mol. The van der Waals surface area contributed by atoms with Gasteiger partial charge in [0.05, 0.1) is 17.8 Å². The minimum Gasteiger partial charge on any atom is -0.478 e. The summed E-state index contributed by atoms with van der Waals surface area (Å²) in [5.74, 6) is -0.0721. The first kappa shape index (κ1) is 12.2. The Hall–Kier alpha value is -1.89. The summed E-state index contributed by atoms with van der Waals surface area (Å²) in [6.07, 6.45) is 1.70. The number of aromatic carboxylic acids is 1. The van der Waals surface area contributed by atoms with Crippen LogP contribution in [0, 0.1) is 0 Å². The van der Waals surface area contributed by atoms with Gasteiger partial charge in [-0.15, -0.1) is 10.2 Å². The molecule has 0 amide bonds. The Morgan fingerprint density at radius 1 is 1.37 bits per heavy atom. The first-order valence-electron chi connectivity index (χ1n) is 5.79. The maximum absolute atomic E-state index is 11.3. The van der Waals surface area contributed by atoms with Crippen molar-refractivity contribution in [3.8, 4) is 0 Å². The molecule has 1 N–H and O–H groups in total. The van der Waals surface area contributed by atoms with Gasteiger partial charge in [0.2, 0.25) is 0 Å². The van der Waals surface area contributed by atoms with Gasteiger partial charge >= 0.3 is 5.97 Å². The number of carboxylic acid groups (broad SMARTS) is 1. The molecule has 0 spiro atoms. The van der Waals surface area contributed by atoms with Crippen molar-refractivity contribution < 1.29 is 9.90 Å². The van der Waals surface area contributed by atoms with Gasteiger partial charge in [0.1, 0.15) is 6.33 Å². The molecule has 6 nitrogen and oxygen atoms in total. The molecule has 2 heterocycles. The average Bonchev–Trinajstić information content (AvgIpc) is 2.85. The van der Waals surface area contributed by atoms with Gasteiger partial charge in [-0.3, -0.25) is 0 Å². The summed E-state index contributed by atoms with van der Waals surface area (Å²) < 4.78 is 2.84. The first-order valence-corrected chi connectivity index (χ1v) is 6.59. The Kier molecular flexibility index (Phi) is 2.98. The second kappa shape index (κ2) is 4.65. The van der Waals surface area contributed by atoms with E-state index in [4.69, 9.17) is 0 Å². The van der Waals surface area contributed by atoms with Gasteiger partial charge in [0.25, 0.3) is 0 Å². The molecule has 19 heavy (non-hydrogen) atoms. The number of aromatic nitrogens is 3. The van der Waals surface area contributed by atoms with Gasteiger partial charge in [-0.2, -0.15) is 0 Å². The fourth-order valence-corrected chi connectivity index (χ4v) is 2.57. The molecule has 0 fully saturated rings. The number of carbonyl (C=O) groups is 1. The molecule has 1 aromatic heterocycles. The number of fused-ring (bicyclic) bond motifs is 1. The van der Waals surface area contributed by atoms with Gasteiger partial charge < -0.3 is 14.6 Å². The quantitative estimate of drug-likeness (QED) is 0.912. The van der Waals surface area contributed by atoms with Crippen LogP contribution in [0.3, 0.4) is 0 Å². The maximum Gasteiger partial charge on any atom is 0.337 e. The molecular weight excluding hydrogens is 312 g/mol. The summed E-state index contributed by atoms with van der Waals surface area (Å²) in [7, 11) is 0. The number of benzene rings is 1. The smallest absolute Gasteiger partial charge is 0.337 e. The molecule has 98 valence electrons. The van der Waals surface area contributed by atoms with Crippen LogP contribution in [0.15, 0.2) is 29.0 Å². The van der Waals surface area contributed by atoms with Gasteiger partial charge in [0.15, 0.2) is 5.82 Å². The van der Waals surface area contributed by atoms with E-state index in [1.54, 1.807) is 18.5 Å². The van der Waals surface area contributed by atoms with Crippen LogP contribution in [0.4, 0.5) is 5.69 Å². The highest BCUT2D eigenvalue weighted by Crippen LogP contribution is 2.27. The first-order chi connectivity index (χ1) is 9.15. The second-order valence-corrected chi connectivity index (χ2v) is 5.24. The highest BCUT2D eigenvalue weighted by molar-refractivity contribution is 9.10. The van der Waals surface area contributed by atoms with E-state index in [0.29, 0.717) is 17.8 Å². The summed E-state index contributed by atoms with van der Waals surface area (Å²) in [4.78, 5) is 13.3. The molecule has 0 saturated heterocycles. The zero-order valence-corrected chi connectivity index (χ0v) is 11.5. The lowest BCUT2D eigenvalue weighted by molar-refractivity contribution is 0.0697. The van der Waals surface area contributed by atoms with Crippen LogP contribution < -0.4 is 4.90 Å². The molecule has 0 radical (unpaired) electrons. The molecule has 0 atom stereocenters. The Balaban J connectivity index is 1.99. The van der Waals surface area contributed by atoms with E-state index in [9.17, 15) is 9.90 Å². The van der Waals surface area contributed by atoms with E-state index in [1.807, 2.05) is 15.5 Å². The number of carboxylic acids is 1. The number of anilines is 1. The molecule has 3 rings (SSSR count). The highest BCUT2D eigenvalue weighted by atomic mass is 79.9. The third-order valence-electron chi connectivity index (χ3n) is 3.17. The maximum atomic E-state index is 11.3. The minimum absolute atomic E-state index is 0.302. The third-order valence-corrected chi connectivity index (χ3v) is 3.66. The summed E-state index contributed by atoms with van der Waals surface area (Å²) >= 11 is 3.38. The fourth-order valence-electron chi connectivity index (χ4n) is 2.22. The van der Waals surface area contributed by atoms with Crippen LogP contribution in [0.5, 0.6) is 0 Å². The van der Waals surface area contributed by atoms with Crippen molar-refractivity contribution in [2.45, 2.75) is 13.1 Å². The fraction of sp³-hybridized carbons (Fsp3) is 0.250. The molecule has 0 saturated carbocycles. The number of rotatable bonds is 2. The number of hydrogen-bond donors (Lipinski definition) is 1. The van der Waals surface area contributed by atoms with Gasteiger partial charge in [-0.25, -0.2) is 4.79 Å². The lowest BCUT2D eigenvalue weighted by atomic mass is 10.1. The zero-order chi connectivity index (χ0) is 13.4. The second-order valence-electron chi connectivity index (χ2n) is 4.33. The van der Waals surface area contributed by atoms with Crippen molar-refractivity contribution in [3.63, 3.8) is 0 Å². The van der Waals surface area contributed by atoms with E-state index in [2.05, 4.69) is 26.1 Å². The van der Waals surface area contributed by atoms with Crippen LogP contribution in [0.25, 0.3) is 0 Å². The average molecular weight is 323 g/mol. The topological polar surface area (TPSA) is 71.2 Å². The summed E-state index contributed by atoms with van der Waals surface area (Å²) in [6.45, 7) is 2.06. The van der Waals surface area contributed by atoms with Crippen molar-refractivity contribution >= 4 is 27.6 Å². The number of nitrogens with zero attached hydrogens (tertiary/aromatic N) is 4. The molecule has 0 unspecified atom stereocenters. The van der Waals surface area contributed by atoms with Gasteiger partial charge in [-0.1, -0.05) is 15.9 Å². The molecule has 0 bridgehead atoms. The Labute approximate surface area is 117 Å². The summed E-state index contributed by atoms with van der Waals surface area (Å²) in [6, 6.07) is 5.18. The molecular formula is C12H11BrN4O2. The van der Waals surface area contributed by atoms with Crippen LogP contribution >= 0.6 is 15.9 Å². The van der Waals surface area contributed by atoms with Crippen LogP contribution in [0.1, 0.15) is 16.2 Å². The largest absolute Gasteiger partial charge is 0.478 e. The van der Waals surface area contributed by atoms with E-state index >= 15 is 0 Å². The van der Waals surface area contributed by atoms with Crippen molar-refractivity contribution in [2.75, 3.05) is 11.4 Å². The molecule has 1 aliphatic heterocycles. The van der Waals surface area contributed by atoms with Gasteiger partial charge in [0, 0.05) is 17.6 Å². The van der Waals surface area contributed by atoms with Crippen molar-refractivity contribution in [1.29, 1.82) is 0 Å². The normalized spacial score (nSPS) is 14.3. The van der Waals surface area contributed by atoms with Crippen LogP contribution in [0.2, 0.25) is 0 Å². The van der Waals surface area contributed by atoms with Crippen LogP contribution in [-0.4, -0.2) is 32.4 Å². The monoisotopic (exact) mass is 322 g/mol. The Bertz CT molecular complexity index is 640. The van der Waals surface area contributed by atoms with E-state index < -0.39 is 5.97 Å². The van der Waals surface area contributed by atoms with E-state index in [1.165, 1.54) is 0 Å². The third kappa shape index (κ3) is 2.21. The van der Waals surface area contributed by atoms with Crippen molar-refractivity contribution in [3.05, 3.63) is 40.4 Å². The Morgan fingerprint density at radius 2 is 2.21 bits per heavy atom. The lowest BCUT2D eigenvalue weighted by Crippen LogP contribution is -2.34. The predicted octanol–water partition coefficient (Wildman–Crippen LogP) is 1.76. The number of hydrogen-bond acceptors (Lipinski definition) is 4. The van der Waals surface area contributed by atoms with Crippen LogP contribution in [-0.2, 0) is 13.1 Å². The zero-order valence-electron chi connectivity index (χ0n) is 9.95. The SMILES string of the molecule is O=C(O)c1ccc(Br)cc1N1CCn2cnnc2C1. The van der Waals surface area contributed by atoms with Crippen molar-refractivity contribution in [2.24, 2.45) is 0 Å². The standard InChI is InChI=1S/C12H11BrN4O2/c13-8-1-2-9(12(18)19)10(5-8)16-3-4-17-7-14-15-11(17)6-16/h1-2,5,7H,3-4,6H2,(H,18,19).